The number of nitrogens with two attached hydrogens (primary N) is 1. The van der Waals surface area contributed by atoms with Gasteiger partial charge in [0.05, 0.1) is 0 Å². The van der Waals surface area contributed by atoms with Crippen molar-refractivity contribution in [1.29, 1.82) is 0 Å². The van der Waals surface area contributed by atoms with E-state index < -0.39 is 0 Å². The minimum Gasteiger partial charge on any atom is -0.398 e. The van der Waals surface area contributed by atoms with Gasteiger partial charge in [-0.25, -0.2) is 0 Å². The Morgan fingerprint density at radius 2 is 2.05 bits per heavy atom. The van der Waals surface area contributed by atoms with Crippen molar-refractivity contribution in [3.05, 3.63) is 59.4 Å². The number of pyridine rings is 1. The van der Waals surface area contributed by atoms with Gasteiger partial charge in [-0.15, -0.1) is 0 Å². The number of aryl methyl sites for hydroxylation is 1. The van der Waals surface area contributed by atoms with Gasteiger partial charge in [0.15, 0.2) is 0 Å². The Labute approximate surface area is 119 Å². The lowest BCUT2D eigenvalue weighted by Gasteiger charge is -2.22. The summed E-state index contributed by atoms with van der Waals surface area (Å²) in [5.41, 5.74) is 9.12. The predicted octanol–water partition coefficient (Wildman–Crippen LogP) is 2.63. The lowest BCUT2D eigenvalue weighted by Crippen LogP contribution is -2.30. The number of aromatic nitrogens is 1. The fourth-order valence-corrected chi connectivity index (χ4v) is 2.07. The first-order valence-electron chi connectivity index (χ1n) is 6.67. The molecule has 0 aliphatic carbocycles. The summed E-state index contributed by atoms with van der Waals surface area (Å²) in [5, 5.41) is 0. The number of hydrogen-bond donors (Lipinski definition) is 1. The molecule has 4 heteroatoms. The lowest BCUT2D eigenvalue weighted by atomic mass is 10.1. The van der Waals surface area contributed by atoms with Gasteiger partial charge in [-0.2, -0.15) is 0 Å². The monoisotopic (exact) mass is 269 g/mol. The molecule has 1 heterocycles. The van der Waals surface area contributed by atoms with Crippen LogP contribution in [0, 0.1) is 6.92 Å². The Morgan fingerprint density at radius 1 is 1.30 bits per heavy atom. The Kier molecular flexibility index (Phi) is 4.35. The highest BCUT2D eigenvalue weighted by Crippen LogP contribution is 2.15. The highest BCUT2D eigenvalue weighted by molar-refractivity contribution is 5.94. The fourth-order valence-electron chi connectivity index (χ4n) is 2.07. The number of nitrogens with zero attached hydrogens (tertiary/aromatic N) is 2. The van der Waals surface area contributed by atoms with E-state index >= 15 is 0 Å². The zero-order valence-corrected chi connectivity index (χ0v) is 11.8. The topological polar surface area (TPSA) is 59.2 Å². The van der Waals surface area contributed by atoms with Crippen molar-refractivity contribution in [3.8, 4) is 0 Å². The molecule has 0 unspecified atom stereocenters. The van der Waals surface area contributed by atoms with Crippen LogP contribution in [0.15, 0.2) is 42.6 Å². The van der Waals surface area contributed by atoms with Crippen LogP contribution in [0.2, 0.25) is 0 Å². The molecule has 2 N–H and O–H groups in total. The highest BCUT2D eigenvalue weighted by Gasteiger charge is 2.15. The summed E-state index contributed by atoms with van der Waals surface area (Å²) in [6.45, 7) is 4.99. The predicted molar refractivity (Wildman–Crippen MR) is 80.2 cm³/mol. The van der Waals surface area contributed by atoms with Crippen molar-refractivity contribution in [2.75, 3.05) is 12.3 Å². The molecule has 0 aliphatic heterocycles. The first-order chi connectivity index (χ1) is 9.61. The SMILES string of the molecule is CCN(Cc1ccccc1N)C(=O)c1ccnc(C)c1. The zero-order chi connectivity index (χ0) is 14.5. The Bertz CT molecular complexity index is 610. The molecule has 1 aromatic carbocycles. The van der Waals surface area contributed by atoms with Gasteiger partial charge in [-0.05, 0) is 37.6 Å². The molecule has 0 radical (unpaired) electrons. The number of para-hydroxylation sites is 1. The van der Waals surface area contributed by atoms with E-state index in [2.05, 4.69) is 4.98 Å². The lowest BCUT2D eigenvalue weighted by molar-refractivity contribution is 0.0752. The minimum absolute atomic E-state index is 0.00116. The molecule has 0 aliphatic rings. The molecule has 0 saturated carbocycles. The molecule has 20 heavy (non-hydrogen) atoms. The first kappa shape index (κ1) is 14.1. The zero-order valence-electron chi connectivity index (χ0n) is 11.8. The average Bonchev–Trinajstić information content (AvgIpc) is 2.46. The number of carbonyl (C=O) groups excluding carboxylic acids is 1. The van der Waals surface area contributed by atoms with Crippen LogP contribution in [0.3, 0.4) is 0 Å². The number of amides is 1. The second-order valence-electron chi connectivity index (χ2n) is 4.70. The number of carbonyl (C=O) groups is 1. The number of benzene rings is 1. The second-order valence-corrected chi connectivity index (χ2v) is 4.70. The van der Waals surface area contributed by atoms with Crippen LogP contribution in [-0.4, -0.2) is 22.3 Å². The summed E-state index contributed by atoms with van der Waals surface area (Å²) in [5.74, 6) is 0.00116. The van der Waals surface area contributed by atoms with E-state index in [0.29, 0.717) is 24.3 Å². The van der Waals surface area contributed by atoms with Crippen molar-refractivity contribution in [2.24, 2.45) is 0 Å². The van der Waals surface area contributed by atoms with Crippen LogP contribution in [0.5, 0.6) is 0 Å². The van der Waals surface area contributed by atoms with Gasteiger partial charge in [-0.3, -0.25) is 9.78 Å². The van der Waals surface area contributed by atoms with Crippen LogP contribution < -0.4 is 5.73 Å². The van der Waals surface area contributed by atoms with Crippen molar-refractivity contribution in [3.63, 3.8) is 0 Å². The number of nitrogen functional groups attached to an aromatic ring is 1. The van der Waals surface area contributed by atoms with Gasteiger partial charge in [0.1, 0.15) is 0 Å². The van der Waals surface area contributed by atoms with Crippen LogP contribution >= 0.6 is 0 Å². The van der Waals surface area contributed by atoms with Gasteiger partial charge >= 0.3 is 0 Å². The molecule has 4 nitrogen and oxygen atoms in total. The van der Waals surface area contributed by atoms with Crippen molar-refractivity contribution < 1.29 is 4.79 Å². The molecule has 0 spiro atoms. The quantitative estimate of drug-likeness (QED) is 0.868. The largest absolute Gasteiger partial charge is 0.398 e. The van der Waals surface area contributed by atoms with E-state index in [1.165, 1.54) is 0 Å². The van der Waals surface area contributed by atoms with Crippen molar-refractivity contribution >= 4 is 11.6 Å². The van der Waals surface area contributed by atoms with Gasteiger partial charge in [0, 0.05) is 36.2 Å². The third-order valence-corrected chi connectivity index (χ3v) is 3.23. The summed E-state index contributed by atoms with van der Waals surface area (Å²) < 4.78 is 0. The maximum Gasteiger partial charge on any atom is 0.254 e. The third-order valence-electron chi connectivity index (χ3n) is 3.23. The molecule has 2 aromatic rings. The fraction of sp³-hybridized carbons (Fsp3) is 0.250. The first-order valence-corrected chi connectivity index (χ1v) is 6.67. The van der Waals surface area contributed by atoms with E-state index in [-0.39, 0.29) is 5.91 Å². The summed E-state index contributed by atoms with van der Waals surface area (Å²) in [4.78, 5) is 18.4. The summed E-state index contributed by atoms with van der Waals surface area (Å²) in [6.07, 6.45) is 1.66. The highest BCUT2D eigenvalue weighted by atomic mass is 16.2. The molecule has 1 amide bonds. The molecule has 0 atom stereocenters. The third kappa shape index (κ3) is 3.15. The van der Waals surface area contributed by atoms with Crippen molar-refractivity contribution in [2.45, 2.75) is 20.4 Å². The van der Waals surface area contributed by atoms with E-state index in [0.717, 1.165) is 11.3 Å². The van der Waals surface area contributed by atoms with Gasteiger partial charge < -0.3 is 10.6 Å². The number of hydrogen-bond acceptors (Lipinski definition) is 3. The summed E-state index contributed by atoms with van der Waals surface area (Å²) in [7, 11) is 0. The van der Waals surface area contributed by atoms with Gasteiger partial charge in [-0.1, -0.05) is 18.2 Å². The second kappa shape index (κ2) is 6.19. The minimum atomic E-state index is 0.00116. The van der Waals surface area contributed by atoms with Crippen molar-refractivity contribution in [1.82, 2.24) is 9.88 Å². The van der Waals surface area contributed by atoms with Crippen LogP contribution in [0.25, 0.3) is 0 Å². The van der Waals surface area contributed by atoms with Crippen LogP contribution in [0.4, 0.5) is 5.69 Å². The summed E-state index contributed by atoms with van der Waals surface area (Å²) >= 11 is 0. The van der Waals surface area contributed by atoms with Gasteiger partial charge in [0.2, 0.25) is 0 Å². The maximum atomic E-state index is 12.5. The number of rotatable bonds is 4. The van der Waals surface area contributed by atoms with Crippen LogP contribution in [-0.2, 0) is 6.54 Å². The van der Waals surface area contributed by atoms with E-state index in [1.807, 2.05) is 38.1 Å². The van der Waals surface area contributed by atoms with Crippen LogP contribution in [0.1, 0.15) is 28.5 Å². The van der Waals surface area contributed by atoms with E-state index in [1.54, 1.807) is 23.2 Å². The molecule has 1 aromatic heterocycles. The maximum absolute atomic E-state index is 12.5. The van der Waals surface area contributed by atoms with Gasteiger partial charge in [0.25, 0.3) is 5.91 Å². The average molecular weight is 269 g/mol. The Hall–Kier alpha value is -2.36. The smallest absolute Gasteiger partial charge is 0.254 e. The molecule has 0 saturated heterocycles. The molecular formula is C16H19N3O. The Balaban J connectivity index is 2.20. The summed E-state index contributed by atoms with van der Waals surface area (Å²) in [6, 6.07) is 11.2. The molecule has 2 rings (SSSR count). The molecule has 0 bridgehead atoms. The van der Waals surface area contributed by atoms with E-state index in [9.17, 15) is 4.79 Å². The normalized spacial score (nSPS) is 10.3. The molecule has 0 fully saturated rings. The Morgan fingerprint density at radius 3 is 2.70 bits per heavy atom. The molecular weight excluding hydrogens is 250 g/mol. The number of anilines is 1. The van der Waals surface area contributed by atoms with E-state index in [4.69, 9.17) is 5.73 Å². The standard InChI is InChI=1S/C16H19N3O/c1-3-19(11-14-6-4-5-7-15(14)17)16(20)13-8-9-18-12(2)10-13/h4-10H,3,11,17H2,1-2H3. The molecule has 104 valence electrons.